The van der Waals surface area contributed by atoms with Crippen molar-refractivity contribution in [3.8, 4) is 0 Å². The van der Waals surface area contributed by atoms with Crippen LogP contribution < -0.4 is 0 Å². The van der Waals surface area contributed by atoms with Gasteiger partial charge in [-0.3, -0.25) is 0 Å². The number of halogens is 4. The largest absolute Gasteiger partial charge is 0.197 e. The van der Waals surface area contributed by atoms with E-state index in [1.807, 2.05) is 36.4 Å². The van der Waals surface area contributed by atoms with E-state index in [-0.39, 0.29) is 50.7 Å². The molecule has 0 aliphatic carbocycles. The van der Waals surface area contributed by atoms with Crippen LogP contribution in [0.15, 0.2) is 36.4 Å². The van der Waals surface area contributed by atoms with E-state index in [9.17, 15) is 0 Å². The zero-order valence-corrected chi connectivity index (χ0v) is 10.8. The Labute approximate surface area is 105 Å². The highest BCUT2D eigenvalue weighted by Crippen LogP contribution is 1.79. The van der Waals surface area contributed by atoms with Crippen LogP contribution in [0.5, 0.6) is 0 Å². The van der Waals surface area contributed by atoms with E-state index in [4.69, 9.17) is 0 Å². The monoisotopic (exact) mass is 270 g/mol. The van der Waals surface area contributed by atoms with Gasteiger partial charge in [0.25, 0.3) is 0 Å². The van der Waals surface area contributed by atoms with Crippen LogP contribution in [0.1, 0.15) is 0 Å². The Hall–Kier alpha value is 0.730. The Balaban J connectivity index is -0.0000000257. The zero-order valence-electron chi connectivity index (χ0n) is 6.57. The molecule has 0 N–H and O–H groups in total. The Morgan fingerprint density at radius 2 is 0.667 bits per heavy atom. The number of rotatable bonds is 0. The molecule has 1 rings (SSSR count). The standard InChI is InChI=1S/C6H6.CH3Cl.3ClH.H2S/c1-2-4-6-5-3-1;1-2;;;;/h1-6H;1H3;3*1H;1H2. The summed E-state index contributed by atoms with van der Waals surface area (Å²) in [5.41, 5.74) is 0. The molecule has 12 heavy (non-hydrogen) atoms. The van der Waals surface area contributed by atoms with Crippen molar-refractivity contribution in [3.05, 3.63) is 36.4 Å². The SMILES string of the molecule is CCl.Cl.Cl.Cl.S.c1ccccc1. The molecule has 0 bridgehead atoms. The van der Waals surface area contributed by atoms with E-state index in [2.05, 4.69) is 11.6 Å². The second kappa shape index (κ2) is 29.8. The number of hydrogen-bond acceptors (Lipinski definition) is 0. The molecule has 0 aliphatic rings. The van der Waals surface area contributed by atoms with Crippen LogP contribution in [-0.4, -0.2) is 6.38 Å². The van der Waals surface area contributed by atoms with Crippen molar-refractivity contribution in [1.82, 2.24) is 0 Å². The lowest BCUT2D eigenvalue weighted by Gasteiger charge is -1.69. The van der Waals surface area contributed by atoms with Gasteiger partial charge in [0.2, 0.25) is 0 Å². The molecule has 0 unspecified atom stereocenters. The summed E-state index contributed by atoms with van der Waals surface area (Å²) >= 11 is 4.64. The first-order valence-electron chi connectivity index (χ1n) is 2.38. The van der Waals surface area contributed by atoms with Crippen LogP contribution in [0.3, 0.4) is 0 Å². The van der Waals surface area contributed by atoms with Gasteiger partial charge in [-0.25, -0.2) is 0 Å². The molecule has 0 aliphatic heterocycles. The molecule has 0 spiro atoms. The second-order valence-electron chi connectivity index (χ2n) is 1.15. The number of benzene rings is 1. The third-order valence-electron chi connectivity index (χ3n) is 0.667. The summed E-state index contributed by atoms with van der Waals surface area (Å²) in [6.07, 6.45) is 1.47. The van der Waals surface area contributed by atoms with Gasteiger partial charge in [-0.05, 0) is 0 Å². The summed E-state index contributed by atoms with van der Waals surface area (Å²) in [5, 5.41) is 0. The number of alkyl halides is 1. The fourth-order valence-electron chi connectivity index (χ4n) is 0.385. The topological polar surface area (TPSA) is 0 Å². The van der Waals surface area contributed by atoms with E-state index < -0.39 is 0 Å². The van der Waals surface area contributed by atoms with Crippen LogP contribution in [0.2, 0.25) is 0 Å². The number of hydrogen-bond donors (Lipinski definition) is 0. The highest BCUT2D eigenvalue weighted by Gasteiger charge is 1.57. The van der Waals surface area contributed by atoms with Gasteiger partial charge in [-0.2, -0.15) is 13.5 Å². The van der Waals surface area contributed by atoms with Crippen LogP contribution >= 0.6 is 62.3 Å². The molecule has 0 amide bonds. The summed E-state index contributed by atoms with van der Waals surface area (Å²) in [7, 11) is 0. The van der Waals surface area contributed by atoms with Crippen molar-refractivity contribution < 1.29 is 0 Å². The maximum absolute atomic E-state index is 4.64. The van der Waals surface area contributed by atoms with Crippen molar-refractivity contribution in [1.29, 1.82) is 0 Å². The first-order valence-corrected chi connectivity index (χ1v) is 3.13. The molecule has 0 atom stereocenters. The minimum atomic E-state index is 0. The third-order valence-corrected chi connectivity index (χ3v) is 0.667. The normalized spacial score (nSPS) is 4.50. The summed E-state index contributed by atoms with van der Waals surface area (Å²) in [6.45, 7) is 0. The van der Waals surface area contributed by atoms with Crippen molar-refractivity contribution in [3.63, 3.8) is 0 Å². The Kier molecular flexibility index (Phi) is 72.8. The lowest BCUT2D eigenvalue weighted by molar-refractivity contribution is 1.72. The Morgan fingerprint density at radius 1 is 0.583 bits per heavy atom. The first kappa shape index (κ1) is 29.3. The Morgan fingerprint density at radius 3 is 0.750 bits per heavy atom. The molecule has 1 aromatic carbocycles. The summed E-state index contributed by atoms with van der Waals surface area (Å²) in [4.78, 5) is 0. The van der Waals surface area contributed by atoms with E-state index in [1.54, 1.807) is 0 Å². The smallest absolute Gasteiger partial charge is 0.0108 e. The molecule has 0 nitrogen and oxygen atoms in total. The van der Waals surface area contributed by atoms with E-state index in [1.165, 1.54) is 6.38 Å². The van der Waals surface area contributed by atoms with Gasteiger partial charge in [0.05, 0.1) is 0 Å². The van der Waals surface area contributed by atoms with E-state index >= 15 is 0 Å². The molecule has 0 saturated carbocycles. The molecular formula is C7H14Cl4S. The second-order valence-corrected chi connectivity index (χ2v) is 1.15. The molecule has 0 radical (unpaired) electrons. The summed E-state index contributed by atoms with van der Waals surface area (Å²) in [6, 6.07) is 12.0. The average Bonchev–Trinajstić information content (AvgIpc) is 1.96. The van der Waals surface area contributed by atoms with Crippen LogP contribution in [0, 0.1) is 0 Å². The van der Waals surface area contributed by atoms with Gasteiger partial charge in [-0.15, -0.1) is 48.8 Å². The lowest BCUT2D eigenvalue weighted by Crippen LogP contribution is -1.47. The van der Waals surface area contributed by atoms with Crippen LogP contribution in [0.25, 0.3) is 0 Å². The molecule has 1 aromatic rings. The molecular weight excluding hydrogens is 258 g/mol. The van der Waals surface area contributed by atoms with Gasteiger partial charge in [0, 0.05) is 6.38 Å². The zero-order chi connectivity index (χ0) is 6.24. The molecule has 0 fully saturated rings. The van der Waals surface area contributed by atoms with Crippen LogP contribution in [-0.2, 0) is 0 Å². The van der Waals surface area contributed by atoms with E-state index in [0.717, 1.165) is 0 Å². The highest BCUT2D eigenvalue weighted by atomic mass is 35.5. The fourth-order valence-corrected chi connectivity index (χ4v) is 0.385. The fraction of sp³-hybridized carbons (Fsp3) is 0.143. The van der Waals surface area contributed by atoms with Gasteiger partial charge < -0.3 is 0 Å². The van der Waals surface area contributed by atoms with Crippen LogP contribution in [0.4, 0.5) is 0 Å². The third kappa shape index (κ3) is 22.4. The molecule has 5 heteroatoms. The Bertz CT molecular complexity index is 87.3. The lowest BCUT2D eigenvalue weighted by atomic mass is 10.4. The molecule has 0 heterocycles. The van der Waals surface area contributed by atoms with Gasteiger partial charge in [0.1, 0.15) is 0 Å². The highest BCUT2D eigenvalue weighted by molar-refractivity contribution is 7.59. The van der Waals surface area contributed by atoms with Crippen molar-refractivity contribution >= 4 is 62.3 Å². The van der Waals surface area contributed by atoms with E-state index in [0.29, 0.717) is 0 Å². The summed E-state index contributed by atoms with van der Waals surface area (Å²) in [5.74, 6) is 0. The molecule has 0 aromatic heterocycles. The predicted molar refractivity (Wildman–Crippen MR) is 70.3 cm³/mol. The average molecular weight is 272 g/mol. The van der Waals surface area contributed by atoms with Crippen molar-refractivity contribution in [2.24, 2.45) is 0 Å². The van der Waals surface area contributed by atoms with Gasteiger partial charge >= 0.3 is 0 Å². The molecule has 76 valence electrons. The predicted octanol–water partition coefficient (Wildman–Crippen LogP) is 3.92. The maximum Gasteiger partial charge on any atom is 0.0108 e. The quantitative estimate of drug-likeness (QED) is 0.628. The van der Waals surface area contributed by atoms with Gasteiger partial charge in [0.15, 0.2) is 0 Å². The molecule has 0 saturated heterocycles. The minimum absolute atomic E-state index is 0. The van der Waals surface area contributed by atoms with Gasteiger partial charge in [-0.1, -0.05) is 36.4 Å². The first-order chi connectivity index (χ1) is 4.00. The summed E-state index contributed by atoms with van der Waals surface area (Å²) < 4.78 is 0. The minimum Gasteiger partial charge on any atom is -0.197 e. The van der Waals surface area contributed by atoms with Crippen molar-refractivity contribution in [2.45, 2.75) is 0 Å². The van der Waals surface area contributed by atoms with Crippen molar-refractivity contribution in [2.75, 3.05) is 6.38 Å². The maximum atomic E-state index is 4.64.